The third-order valence-electron chi connectivity index (χ3n) is 9.78. The zero-order valence-electron chi connectivity index (χ0n) is 25.7. The summed E-state index contributed by atoms with van der Waals surface area (Å²) in [5, 5.41) is 9.39. The summed E-state index contributed by atoms with van der Waals surface area (Å²) >= 11 is 5.57. The molecule has 0 radical (unpaired) electrons. The number of aliphatic hydroxyl groups is 1. The van der Waals surface area contributed by atoms with Crippen LogP contribution in [0.3, 0.4) is 0 Å². The van der Waals surface area contributed by atoms with E-state index in [1.807, 2.05) is 36.1 Å². The lowest BCUT2D eigenvalue weighted by Gasteiger charge is -2.41. The van der Waals surface area contributed by atoms with Crippen molar-refractivity contribution in [1.82, 2.24) is 9.80 Å². The fourth-order valence-electron chi connectivity index (χ4n) is 7.95. The molecular weight excluding hydrogens is 642 g/mol. The van der Waals surface area contributed by atoms with Crippen molar-refractivity contribution in [3.63, 3.8) is 0 Å². The molecular formula is C34H46BrN3O5S. The molecule has 1 saturated carbocycles. The Bertz CT molecular complexity index is 1220. The highest BCUT2D eigenvalue weighted by Gasteiger charge is 2.76. The number of ether oxygens (including phenoxy) is 1. The molecule has 240 valence electrons. The number of benzene rings is 1. The Morgan fingerprint density at radius 1 is 1.11 bits per heavy atom. The lowest BCUT2D eigenvalue weighted by Crippen LogP contribution is -2.57. The summed E-state index contributed by atoms with van der Waals surface area (Å²) in [5.74, 6) is -0.708. The second-order valence-electron chi connectivity index (χ2n) is 12.4. The molecule has 3 amide bonds. The molecule has 3 heterocycles. The molecule has 8 nitrogen and oxygen atoms in total. The van der Waals surface area contributed by atoms with Crippen LogP contribution in [0.25, 0.3) is 0 Å². The van der Waals surface area contributed by atoms with Crippen molar-refractivity contribution in [3.8, 4) is 5.75 Å². The van der Waals surface area contributed by atoms with Crippen LogP contribution in [0.2, 0.25) is 0 Å². The number of thioether (sulfide) groups is 1. The van der Waals surface area contributed by atoms with E-state index in [1.54, 1.807) is 33.7 Å². The number of anilines is 1. The van der Waals surface area contributed by atoms with Gasteiger partial charge in [0.1, 0.15) is 11.8 Å². The smallest absolute Gasteiger partial charge is 0.247 e. The summed E-state index contributed by atoms with van der Waals surface area (Å²) in [6, 6.07) is 6.91. The number of hydrogen-bond donors (Lipinski definition) is 1. The van der Waals surface area contributed by atoms with Crippen LogP contribution in [0, 0.1) is 11.8 Å². The van der Waals surface area contributed by atoms with E-state index in [0.717, 1.165) is 37.1 Å². The van der Waals surface area contributed by atoms with Crippen molar-refractivity contribution < 1.29 is 24.2 Å². The van der Waals surface area contributed by atoms with E-state index in [1.165, 1.54) is 6.42 Å². The van der Waals surface area contributed by atoms with Gasteiger partial charge in [-0.3, -0.25) is 14.4 Å². The van der Waals surface area contributed by atoms with Gasteiger partial charge in [-0.15, -0.1) is 24.9 Å². The van der Waals surface area contributed by atoms with Gasteiger partial charge in [0.05, 0.1) is 23.2 Å². The first kappa shape index (κ1) is 33.1. The monoisotopic (exact) mass is 687 g/mol. The van der Waals surface area contributed by atoms with Gasteiger partial charge in [0, 0.05) is 48.0 Å². The van der Waals surface area contributed by atoms with E-state index in [4.69, 9.17) is 4.74 Å². The van der Waals surface area contributed by atoms with E-state index in [-0.39, 0.29) is 40.4 Å². The zero-order valence-corrected chi connectivity index (χ0v) is 28.1. The van der Waals surface area contributed by atoms with Crippen LogP contribution in [-0.2, 0) is 14.4 Å². The molecule has 1 aromatic carbocycles. The Morgan fingerprint density at radius 3 is 2.45 bits per heavy atom. The Hall–Kier alpha value is -2.30. The number of halogens is 1. The van der Waals surface area contributed by atoms with Gasteiger partial charge in [0.2, 0.25) is 17.7 Å². The van der Waals surface area contributed by atoms with Crippen molar-refractivity contribution >= 4 is 51.1 Å². The van der Waals surface area contributed by atoms with Crippen molar-refractivity contribution in [2.45, 2.75) is 85.2 Å². The third-order valence-corrected chi connectivity index (χ3v) is 13.0. The van der Waals surface area contributed by atoms with Crippen LogP contribution < -0.4 is 9.64 Å². The first-order valence-electron chi connectivity index (χ1n) is 16.1. The minimum atomic E-state index is -0.709. The predicted molar refractivity (Wildman–Crippen MR) is 179 cm³/mol. The lowest BCUT2D eigenvalue weighted by atomic mass is 9.70. The van der Waals surface area contributed by atoms with Crippen molar-refractivity contribution in [2.24, 2.45) is 11.8 Å². The highest BCUT2D eigenvalue weighted by atomic mass is 79.9. The highest BCUT2D eigenvalue weighted by Crippen LogP contribution is 2.68. The van der Waals surface area contributed by atoms with Crippen molar-refractivity contribution in [1.29, 1.82) is 0 Å². The number of amides is 3. The number of carbonyl (C=O) groups excluding carboxylic acids is 3. The first-order valence-corrected chi connectivity index (χ1v) is 17.9. The molecule has 10 heteroatoms. The first-order chi connectivity index (χ1) is 21.3. The second-order valence-corrected chi connectivity index (χ2v) is 15.1. The number of unbranched alkanes of at least 4 members (excludes halogenated alkanes) is 1. The quantitative estimate of drug-likeness (QED) is 0.165. The molecule has 6 atom stereocenters. The van der Waals surface area contributed by atoms with Gasteiger partial charge in [-0.25, -0.2) is 0 Å². The van der Waals surface area contributed by atoms with Gasteiger partial charge in [-0.2, -0.15) is 0 Å². The van der Waals surface area contributed by atoms with E-state index < -0.39 is 22.6 Å². The van der Waals surface area contributed by atoms with Crippen molar-refractivity contribution in [2.75, 3.05) is 37.7 Å². The van der Waals surface area contributed by atoms with Crippen LogP contribution in [0.4, 0.5) is 5.69 Å². The molecule has 5 rings (SSSR count). The number of hydrogen-bond acceptors (Lipinski definition) is 6. The number of carbonyl (C=O) groups is 3. The largest absolute Gasteiger partial charge is 0.494 e. The molecule has 3 aliphatic heterocycles. The second kappa shape index (κ2) is 14.4. The minimum Gasteiger partial charge on any atom is -0.494 e. The third kappa shape index (κ3) is 5.98. The van der Waals surface area contributed by atoms with E-state index in [9.17, 15) is 19.5 Å². The van der Waals surface area contributed by atoms with Crippen LogP contribution in [0.15, 0.2) is 49.6 Å². The Balaban J connectivity index is 1.52. The normalized spacial score (nSPS) is 29.4. The van der Waals surface area contributed by atoms with Gasteiger partial charge in [0.15, 0.2) is 0 Å². The zero-order chi connectivity index (χ0) is 31.4. The Morgan fingerprint density at radius 2 is 1.82 bits per heavy atom. The summed E-state index contributed by atoms with van der Waals surface area (Å²) < 4.78 is 4.90. The molecule has 4 fully saturated rings. The summed E-state index contributed by atoms with van der Waals surface area (Å²) in [6.45, 7) is 11.5. The van der Waals surface area contributed by atoms with Gasteiger partial charge in [-0.05, 0) is 63.3 Å². The molecule has 44 heavy (non-hydrogen) atoms. The fraction of sp³-hybridized carbons (Fsp3) is 0.618. The maximum Gasteiger partial charge on any atom is 0.247 e. The van der Waals surface area contributed by atoms with Gasteiger partial charge in [-0.1, -0.05) is 47.3 Å². The molecule has 0 aromatic heterocycles. The minimum absolute atomic E-state index is 0.00774. The number of aliphatic hydroxyl groups excluding tert-OH is 1. The fourth-order valence-corrected chi connectivity index (χ4v) is 11.6. The number of nitrogens with zero attached hydrogens (tertiary/aromatic N) is 3. The Labute approximate surface area is 274 Å². The predicted octanol–water partition coefficient (Wildman–Crippen LogP) is 5.19. The number of fused-ring (bicyclic) bond motifs is 1. The summed E-state index contributed by atoms with van der Waals surface area (Å²) in [6.07, 6.45) is 10.5. The van der Waals surface area contributed by atoms with Crippen LogP contribution >= 0.6 is 27.7 Å². The van der Waals surface area contributed by atoms with E-state index >= 15 is 0 Å². The van der Waals surface area contributed by atoms with Gasteiger partial charge < -0.3 is 24.5 Å². The average Bonchev–Trinajstić information content (AvgIpc) is 3.62. The van der Waals surface area contributed by atoms with Crippen LogP contribution in [0.1, 0.15) is 58.3 Å². The molecule has 1 spiro atoms. The topological polar surface area (TPSA) is 90.4 Å². The molecule has 1 aromatic rings. The van der Waals surface area contributed by atoms with E-state index in [2.05, 4.69) is 29.1 Å². The molecule has 3 unspecified atom stereocenters. The van der Waals surface area contributed by atoms with Crippen LogP contribution in [0.5, 0.6) is 5.75 Å². The summed E-state index contributed by atoms with van der Waals surface area (Å²) in [5.41, 5.74) is 0.721. The number of rotatable bonds is 14. The maximum absolute atomic E-state index is 14.8. The molecule has 1 aliphatic carbocycles. The molecule has 4 aliphatic rings. The Kier molecular flexibility index (Phi) is 10.8. The number of alkyl halides is 1. The standard InChI is InChI=1S/C34H46BrN3O5S/c1-4-18-36(24-14-16-25(17-15-24)43-6-3)31(40)27-28-32(41)38(20-10-11-21-39)30(34(28)22-26(35)29(27)44-34)33(42)37(19-5-2)23-12-8-7-9-13-23/h4-5,14-17,23,26-30,39H,1-2,6-13,18-22H2,3H3/t26?,27-,28+,29-,30?,34?/m1/s1. The maximum atomic E-state index is 14.8. The van der Waals surface area contributed by atoms with Crippen LogP contribution in [-0.4, -0.2) is 92.4 Å². The van der Waals surface area contributed by atoms with E-state index in [0.29, 0.717) is 45.5 Å². The molecule has 2 bridgehead atoms. The highest BCUT2D eigenvalue weighted by molar-refractivity contribution is 9.09. The molecule has 3 saturated heterocycles. The number of likely N-dealkylation sites (tertiary alicyclic amines) is 1. The molecule has 1 N–H and O–H groups in total. The summed E-state index contributed by atoms with van der Waals surface area (Å²) in [7, 11) is 0. The van der Waals surface area contributed by atoms with Crippen molar-refractivity contribution in [3.05, 3.63) is 49.6 Å². The summed E-state index contributed by atoms with van der Waals surface area (Å²) in [4.78, 5) is 49.3. The lowest BCUT2D eigenvalue weighted by molar-refractivity contribution is -0.144. The SMILES string of the molecule is C=CCN(C(=O)[C@H]1[C@@H]2SC3(CC2Br)C(C(=O)N(CC=C)C2CCCCC2)N(CCCCO)C(=O)[C@H]13)c1ccc(OCC)cc1. The van der Waals surface area contributed by atoms with Gasteiger partial charge >= 0.3 is 0 Å². The van der Waals surface area contributed by atoms with Gasteiger partial charge in [0.25, 0.3) is 0 Å². The average molecular weight is 689 g/mol.